The molecule has 4 aromatic rings. The van der Waals surface area contributed by atoms with Gasteiger partial charge in [0.05, 0.1) is 0 Å². The van der Waals surface area contributed by atoms with Crippen LogP contribution >= 0.6 is 0 Å². The number of pyridine rings is 2. The minimum atomic E-state index is 0. The molecule has 4 nitrogen and oxygen atoms in total. The SMILES string of the molecule is CCN(CC)c1ccc(/C=C/c2cc[n+](CCCCCCCCCC[n+]3ccc(/C=C/c4ccc(N(CC)CC)cc4)c(C)c3)cc2C)cc1.[Br-].[Br-]. The highest BCUT2D eigenvalue weighted by atomic mass is 79.9. The Bertz CT molecular complexity index is 1500. The second-order valence-electron chi connectivity index (χ2n) is 13.7. The topological polar surface area (TPSA) is 14.2 Å². The molecule has 4 rings (SSSR count). The molecule has 0 spiro atoms. The van der Waals surface area contributed by atoms with Crippen LogP contribution in [0.25, 0.3) is 24.3 Å². The van der Waals surface area contributed by atoms with Crippen LogP contribution in [0.1, 0.15) is 112 Å². The predicted octanol–water partition coefficient (Wildman–Crippen LogP) is 4.74. The van der Waals surface area contributed by atoms with Gasteiger partial charge in [0, 0.05) is 73.7 Å². The molecule has 52 heavy (non-hydrogen) atoms. The van der Waals surface area contributed by atoms with Gasteiger partial charge in [-0.05, 0) is 101 Å². The molecular formula is C46H64Br2N4. The van der Waals surface area contributed by atoms with Crippen LogP contribution in [-0.2, 0) is 13.1 Å². The molecular weight excluding hydrogens is 768 g/mol. The van der Waals surface area contributed by atoms with E-state index in [2.05, 4.69) is 170 Å². The average Bonchev–Trinajstić information content (AvgIpc) is 3.13. The maximum atomic E-state index is 2.38. The normalized spacial score (nSPS) is 11.1. The van der Waals surface area contributed by atoms with E-state index in [1.54, 1.807) is 0 Å². The molecule has 0 radical (unpaired) electrons. The van der Waals surface area contributed by atoms with Crippen LogP contribution in [0.2, 0.25) is 0 Å². The Kier molecular flexibility index (Phi) is 21.5. The number of benzene rings is 2. The summed E-state index contributed by atoms with van der Waals surface area (Å²) in [6.45, 7) is 19.6. The van der Waals surface area contributed by atoms with Gasteiger partial charge in [-0.15, -0.1) is 0 Å². The molecule has 2 aromatic carbocycles. The van der Waals surface area contributed by atoms with E-state index < -0.39 is 0 Å². The van der Waals surface area contributed by atoms with Gasteiger partial charge in [0.1, 0.15) is 13.1 Å². The predicted molar refractivity (Wildman–Crippen MR) is 218 cm³/mol. The first-order valence-electron chi connectivity index (χ1n) is 19.5. The average molecular weight is 833 g/mol. The third-order valence-electron chi connectivity index (χ3n) is 10.1. The summed E-state index contributed by atoms with van der Waals surface area (Å²) < 4.78 is 4.72. The highest BCUT2D eigenvalue weighted by Gasteiger charge is 2.07. The van der Waals surface area contributed by atoms with Gasteiger partial charge in [0.2, 0.25) is 0 Å². The van der Waals surface area contributed by atoms with Gasteiger partial charge in [-0.3, -0.25) is 0 Å². The van der Waals surface area contributed by atoms with Crippen molar-refractivity contribution >= 4 is 35.7 Å². The van der Waals surface area contributed by atoms with Gasteiger partial charge in [0.15, 0.2) is 24.8 Å². The first-order chi connectivity index (χ1) is 24.4. The molecule has 0 saturated carbocycles. The van der Waals surface area contributed by atoms with E-state index in [0.29, 0.717) is 0 Å². The van der Waals surface area contributed by atoms with E-state index in [9.17, 15) is 0 Å². The number of anilines is 2. The Hall–Kier alpha value is -3.22. The zero-order valence-electron chi connectivity index (χ0n) is 32.8. The van der Waals surface area contributed by atoms with Crippen molar-refractivity contribution in [1.82, 2.24) is 0 Å². The van der Waals surface area contributed by atoms with Crippen molar-refractivity contribution in [3.8, 4) is 0 Å². The summed E-state index contributed by atoms with van der Waals surface area (Å²) in [5.41, 5.74) is 10.3. The van der Waals surface area contributed by atoms with E-state index >= 15 is 0 Å². The maximum Gasteiger partial charge on any atom is 0.172 e. The molecule has 0 fully saturated rings. The third-order valence-corrected chi connectivity index (χ3v) is 10.1. The van der Waals surface area contributed by atoms with E-state index in [1.165, 1.54) is 96.1 Å². The number of hydrogen-bond acceptors (Lipinski definition) is 2. The number of rotatable bonds is 21. The fourth-order valence-electron chi connectivity index (χ4n) is 6.79. The largest absolute Gasteiger partial charge is 1.00 e. The molecule has 0 unspecified atom stereocenters. The third kappa shape index (κ3) is 14.7. The molecule has 0 aliphatic rings. The van der Waals surface area contributed by atoms with Crippen molar-refractivity contribution < 1.29 is 43.1 Å². The molecule has 0 aliphatic heterocycles. The van der Waals surface area contributed by atoms with Gasteiger partial charge < -0.3 is 43.8 Å². The molecule has 2 heterocycles. The monoisotopic (exact) mass is 830 g/mol. The summed E-state index contributed by atoms with van der Waals surface area (Å²) in [6, 6.07) is 22.3. The van der Waals surface area contributed by atoms with Crippen molar-refractivity contribution in [1.29, 1.82) is 0 Å². The lowest BCUT2D eigenvalue weighted by molar-refractivity contribution is -0.697. The lowest BCUT2D eigenvalue weighted by Gasteiger charge is -2.20. The molecule has 0 saturated heterocycles. The van der Waals surface area contributed by atoms with Crippen LogP contribution in [0.5, 0.6) is 0 Å². The van der Waals surface area contributed by atoms with Crippen LogP contribution in [0.4, 0.5) is 11.4 Å². The number of aryl methyl sites for hydroxylation is 4. The zero-order valence-corrected chi connectivity index (χ0v) is 36.0. The lowest BCUT2D eigenvalue weighted by Crippen LogP contribution is -3.00. The molecule has 2 aromatic heterocycles. The summed E-state index contributed by atoms with van der Waals surface area (Å²) >= 11 is 0. The molecule has 6 heteroatoms. The molecule has 0 aliphatic carbocycles. The van der Waals surface area contributed by atoms with Crippen LogP contribution in [-0.4, -0.2) is 26.2 Å². The van der Waals surface area contributed by atoms with Gasteiger partial charge in [-0.1, -0.05) is 74.3 Å². The highest BCUT2D eigenvalue weighted by Crippen LogP contribution is 2.19. The molecule has 0 amide bonds. The Labute approximate surface area is 337 Å². The summed E-state index contributed by atoms with van der Waals surface area (Å²) in [4.78, 5) is 4.76. The Morgan fingerprint density at radius 1 is 0.442 bits per heavy atom. The fraction of sp³-hybridized carbons (Fsp3) is 0.435. The van der Waals surface area contributed by atoms with Gasteiger partial charge in [-0.25, -0.2) is 9.13 Å². The second-order valence-corrected chi connectivity index (χ2v) is 13.7. The van der Waals surface area contributed by atoms with Gasteiger partial charge in [0.25, 0.3) is 0 Å². The van der Waals surface area contributed by atoms with E-state index in [0.717, 1.165) is 39.3 Å². The summed E-state index contributed by atoms with van der Waals surface area (Å²) in [5.74, 6) is 0. The highest BCUT2D eigenvalue weighted by molar-refractivity contribution is 5.72. The standard InChI is InChI=1S/C46H64N4.2BrH/c1-7-49(8-2)45-27-21-41(22-28-45)19-25-43-31-35-47(37-39(43)5)33-17-15-13-11-12-14-16-18-34-48-36-32-44(40(6)38-48)26-20-42-23-29-46(30-24-42)50(9-3)10-4;;/h19-32,35-38H,7-18,33-34H2,1-6H3;2*1H/q+2;;/p-2. The smallest absolute Gasteiger partial charge is 0.172 e. The quantitative estimate of drug-likeness (QED) is 0.0892. The number of hydrogen-bond donors (Lipinski definition) is 0. The van der Waals surface area contributed by atoms with Crippen LogP contribution in [0.15, 0.2) is 85.5 Å². The first kappa shape index (κ1) is 44.9. The Morgan fingerprint density at radius 2 is 0.769 bits per heavy atom. The van der Waals surface area contributed by atoms with Crippen molar-refractivity contribution in [3.05, 3.63) is 119 Å². The molecule has 0 N–H and O–H groups in total. The second kappa shape index (κ2) is 24.9. The van der Waals surface area contributed by atoms with Crippen molar-refractivity contribution in [2.45, 2.75) is 106 Å². The molecule has 282 valence electrons. The summed E-state index contributed by atoms with van der Waals surface area (Å²) in [5, 5.41) is 0. The molecule has 0 bridgehead atoms. The van der Waals surface area contributed by atoms with E-state index in [-0.39, 0.29) is 34.0 Å². The van der Waals surface area contributed by atoms with Crippen molar-refractivity contribution in [2.75, 3.05) is 36.0 Å². The Morgan fingerprint density at radius 3 is 1.08 bits per heavy atom. The van der Waals surface area contributed by atoms with Crippen LogP contribution < -0.4 is 52.9 Å². The fourth-order valence-corrected chi connectivity index (χ4v) is 6.79. The Balaban J connectivity index is 0.00000468. The first-order valence-corrected chi connectivity index (χ1v) is 19.5. The maximum absolute atomic E-state index is 2.38. The zero-order chi connectivity index (χ0) is 35.6. The number of nitrogens with zero attached hydrogens (tertiary/aromatic N) is 4. The van der Waals surface area contributed by atoms with Crippen molar-refractivity contribution in [3.63, 3.8) is 0 Å². The van der Waals surface area contributed by atoms with Gasteiger partial charge >= 0.3 is 0 Å². The number of aromatic nitrogens is 2. The van der Waals surface area contributed by atoms with Crippen LogP contribution in [0, 0.1) is 13.8 Å². The van der Waals surface area contributed by atoms with Crippen LogP contribution in [0.3, 0.4) is 0 Å². The van der Waals surface area contributed by atoms with E-state index in [4.69, 9.17) is 0 Å². The minimum absolute atomic E-state index is 0. The molecule has 0 atom stereocenters. The van der Waals surface area contributed by atoms with Gasteiger partial charge in [-0.2, -0.15) is 0 Å². The van der Waals surface area contributed by atoms with Crippen molar-refractivity contribution in [2.24, 2.45) is 0 Å². The number of halogens is 2. The number of unbranched alkanes of at least 4 members (excludes halogenated alkanes) is 7. The lowest BCUT2D eigenvalue weighted by atomic mass is 10.1. The van der Waals surface area contributed by atoms with E-state index in [1.807, 2.05) is 0 Å². The minimum Gasteiger partial charge on any atom is -1.00 e. The summed E-state index contributed by atoms with van der Waals surface area (Å²) in [6.07, 6.45) is 28.6. The summed E-state index contributed by atoms with van der Waals surface area (Å²) in [7, 11) is 0.